The Morgan fingerprint density at radius 1 is 0.947 bits per heavy atom. The SMILES string of the molecule is O=C(O)[C@H](Oc1ccc(F)cc1)c1ccc(F)cc1. The van der Waals surface area contributed by atoms with Gasteiger partial charge in [0.2, 0.25) is 6.10 Å². The number of benzene rings is 2. The Balaban J connectivity index is 2.23. The fourth-order valence-corrected chi connectivity index (χ4v) is 1.55. The van der Waals surface area contributed by atoms with Crippen LogP contribution in [0, 0.1) is 11.6 Å². The zero-order valence-corrected chi connectivity index (χ0v) is 9.72. The lowest BCUT2D eigenvalue weighted by molar-refractivity contribution is -0.145. The maximum Gasteiger partial charge on any atom is 0.349 e. The minimum atomic E-state index is -1.27. The summed E-state index contributed by atoms with van der Waals surface area (Å²) >= 11 is 0. The van der Waals surface area contributed by atoms with Crippen molar-refractivity contribution < 1.29 is 23.4 Å². The summed E-state index contributed by atoms with van der Waals surface area (Å²) in [6.45, 7) is 0. The first-order valence-corrected chi connectivity index (χ1v) is 5.47. The molecule has 0 saturated heterocycles. The number of hydrogen-bond donors (Lipinski definition) is 1. The van der Waals surface area contributed by atoms with Crippen LogP contribution in [0.2, 0.25) is 0 Å². The largest absolute Gasteiger partial charge is 0.478 e. The molecule has 1 N–H and O–H groups in total. The second-order valence-corrected chi connectivity index (χ2v) is 3.84. The highest BCUT2D eigenvalue weighted by atomic mass is 19.1. The zero-order chi connectivity index (χ0) is 13.8. The number of aliphatic carboxylic acids is 1. The van der Waals surface area contributed by atoms with E-state index in [0.717, 1.165) is 12.1 Å². The van der Waals surface area contributed by atoms with E-state index in [-0.39, 0.29) is 5.75 Å². The summed E-state index contributed by atoms with van der Waals surface area (Å²) in [5, 5.41) is 9.12. The summed E-state index contributed by atoms with van der Waals surface area (Å²) in [6, 6.07) is 9.95. The smallest absolute Gasteiger partial charge is 0.349 e. The molecule has 5 heteroatoms. The topological polar surface area (TPSA) is 46.5 Å². The van der Waals surface area contributed by atoms with Crippen molar-refractivity contribution in [2.24, 2.45) is 0 Å². The van der Waals surface area contributed by atoms with Crippen LogP contribution in [-0.2, 0) is 4.79 Å². The molecule has 2 aromatic rings. The van der Waals surface area contributed by atoms with E-state index in [9.17, 15) is 13.6 Å². The van der Waals surface area contributed by atoms with Gasteiger partial charge >= 0.3 is 5.97 Å². The Morgan fingerprint density at radius 2 is 1.42 bits per heavy atom. The van der Waals surface area contributed by atoms with Crippen LogP contribution in [0.5, 0.6) is 5.75 Å². The van der Waals surface area contributed by atoms with Gasteiger partial charge < -0.3 is 9.84 Å². The van der Waals surface area contributed by atoms with Gasteiger partial charge in [0.15, 0.2) is 0 Å². The molecule has 0 aliphatic carbocycles. The van der Waals surface area contributed by atoms with Gasteiger partial charge in [-0.3, -0.25) is 0 Å². The lowest BCUT2D eigenvalue weighted by Gasteiger charge is -2.15. The molecule has 2 rings (SSSR count). The van der Waals surface area contributed by atoms with Gasteiger partial charge in [0.1, 0.15) is 17.4 Å². The molecule has 0 aliphatic heterocycles. The van der Waals surface area contributed by atoms with Crippen molar-refractivity contribution in [3.8, 4) is 5.75 Å². The standard InChI is InChI=1S/C14H10F2O3/c15-10-3-1-9(2-4-10)13(14(17)18)19-12-7-5-11(16)6-8-12/h1-8,13H,(H,17,18)/t13-/m1/s1. The minimum Gasteiger partial charge on any atom is -0.478 e. The molecule has 0 heterocycles. The molecule has 0 spiro atoms. The predicted molar refractivity (Wildman–Crippen MR) is 63.8 cm³/mol. The molecule has 0 aliphatic rings. The first kappa shape index (κ1) is 13.0. The van der Waals surface area contributed by atoms with E-state index in [1.165, 1.54) is 36.4 Å². The first-order chi connectivity index (χ1) is 9.06. The van der Waals surface area contributed by atoms with Crippen LogP contribution in [0.3, 0.4) is 0 Å². The normalized spacial score (nSPS) is 11.9. The minimum absolute atomic E-state index is 0.220. The van der Waals surface area contributed by atoms with Crippen molar-refractivity contribution in [2.75, 3.05) is 0 Å². The van der Waals surface area contributed by atoms with Crippen LogP contribution in [0.15, 0.2) is 48.5 Å². The molecule has 0 aromatic heterocycles. The van der Waals surface area contributed by atoms with Crippen molar-refractivity contribution >= 4 is 5.97 Å². The summed E-state index contributed by atoms with van der Waals surface area (Å²) in [4.78, 5) is 11.2. The van der Waals surface area contributed by atoms with Crippen LogP contribution in [0.4, 0.5) is 8.78 Å². The van der Waals surface area contributed by atoms with Crippen LogP contribution in [0.1, 0.15) is 11.7 Å². The van der Waals surface area contributed by atoms with Gasteiger partial charge in [-0.15, -0.1) is 0 Å². The van der Waals surface area contributed by atoms with Crippen LogP contribution >= 0.6 is 0 Å². The average molecular weight is 264 g/mol. The van der Waals surface area contributed by atoms with Gasteiger partial charge in [-0.25, -0.2) is 13.6 Å². The molecule has 19 heavy (non-hydrogen) atoms. The van der Waals surface area contributed by atoms with Crippen molar-refractivity contribution in [1.29, 1.82) is 0 Å². The average Bonchev–Trinajstić information content (AvgIpc) is 2.39. The first-order valence-electron chi connectivity index (χ1n) is 5.47. The Bertz CT molecular complexity index is 564. The highest BCUT2D eigenvalue weighted by Gasteiger charge is 2.21. The summed E-state index contributed by atoms with van der Waals surface area (Å²) in [5.74, 6) is -1.90. The molecular formula is C14H10F2O3. The quantitative estimate of drug-likeness (QED) is 0.922. The zero-order valence-electron chi connectivity index (χ0n) is 9.72. The van der Waals surface area contributed by atoms with Crippen molar-refractivity contribution in [3.05, 3.63) is 65.7 Å². The third kappa shape index (κ3) is 3.28. The summed E-state index contributed by atoms with van der Waals surface area (Å²) in [7, 11) is 0. The fourth-order valence-electron chi connectivity index (χ4n) is 1.55. The van der Waals surface area contributed by atoms with E-state index >= 15 is 0 Å². The summed E-state index contributed by atoms with van der Waals surface area (Å²) in [6.07, 6.45) is -1.27. The number of rotatable bonds is 4. The second kappa shape index (κ2) is 5.48. The second-order valence-electron chi connectivity index (χ2n) is 3.84. The number of hydrogen-bond acceptors (Lipinski definition) is 2. The lowest BCUT2D eigenvalue weighted by Crippen LogP contribution is -2.18. The number of carbonyl (C=O) groups is 1. The molecule has 0 unspecified atom stereocenters. The monoisotopic (exact) mass is 264 g/mol. The molecule has 2 aromatic carbocycles. The van der Waals surface area contributed by atoms with E-state index in [0.29, 0.717) is 5.56 Å². The van der Waals surface area contributed by atoms with E-state index < -0.39 is 23.7 Å². The molecular weight excluding hydrogens is 254 g/mol. The number of carboxylic acids is 1. The number of halogens is 2. The third-order valence-electron chi connectivity index (χ3n) is 2.46. The number of carboxylic acid groups (broad SMARTS) is 1. The van der Waals surface area contributed by atoms with Crippen LogP contribution < -0.4 is 4.74 Å². The predicted octanol–water partition coefficient (Wildman–Crippen LogP) is 3.17. The van der Waals surface area contributed by atoms with Gasteiger partial charge in [-0.05, 0) is 36.4 Å². The summed E-state index contributed by atoms with van der Waals surface area (Å²) in [5.41, 5.74) is 0.304. The van der Waals surface area contributed by atoms with Gasteiger partial charge in [0.05, 0.1) is 0 Å². The molecule has 0 bridgehead atoms. The Morgan fingerprint density at radius 3 is 1.89 bits per heavy atom. The summed E-state index contributed by atoms with van der Waals surface area (Å²) < 4.78 is 30.8. The molecule has 3 nitrogen and oxygen atoms in total. The van der Waals surface area contributed by atoms with Gasteiger partial charge in [-0.2, -0.15) is 0 Å². The van der Waals surface area contributed by atoms with Crippen LogP contribution in [-0.4, -0.2) is 11.1 Å². The van der Waals surface area contributed by atoms with E-state index in [1.807, 2.05) is 0 Å². The van der Waals surface area contributed by atoms with Crippen LogP contribution in [0.25, 0.3) is 0 Å². The molecule has 0 fully saturated rings. The molecule has 98 valence electrons. The van der Waals surface area contributed by atoms with Crippen molar-refractivity contribution in [3.63, 3.8) is 0 Å². The molecule has 0 radical (unpaired) electrons. The maximum absolute atomic E-state index is 12.8. The molecule has 1 atom stereocenters. The van der Waals surface area contributed by atoms with Crippen molar-refractivity contribution in [1.82, 2.24) is 0 Å². The van der Waals surface area contributed by atoms with Crippen molar-refractivity contribution in [2.45, 2.75) is 6.10 Å². The maximum atomic E-state index is 12.8. The van der Waals surface area contributed by atoms with E-state index in [4.69, 9.17) is 9.84 Å². The highest BCUT2D eigenvalue weighted by Crippen LogP contribution is 2.22. The molecule has 0 saturated carbocycles. The Labute approximate surface area is 108 Å². The van der Waals surface area contributed by atoms with Gasteiger partial charge in [-0.1, -0.05) is 12.1 Å². The molecule has 0 amide bonds. The number of ether oxygens (including phenoxy) is 1. The third-order valence-corrected chi connectivity index (χ3v) is 2.46. The van der Waals surface area contributed by atoms with E-state index in [1.54, 1.807) is 0 Å². The Kier molecular flexibility index (Phi) is 3.75. The Hall–Kier alpha value is -2.43. The van der Waals surface area contributed by atoms with Gasteiger partial charge in [0, 0.05) is 5.56 Å². The van der Waals surface area contributed by atoms with E-state index in [2.05, 4.69) is 0 Å². The van der Waals surface area contributed by atoms with Gasteiger partial charge in [0.25, 0.3) is 0 Å². The lowest BCUT2D eigenvalue weighted by atomic mass is 10.1. The highest BCUT2D eigenvalue weighted by molar-refractivity contribution is 5.74. The fraction of sp³-hybridized carbons (Fsp3) is 0.0714.